The van der Waals surface area contributed by atoms with Gasteiger partial charge >= 0.3 is 0 Å². The summed E-state index contributed by atoms with van der Waals surface area (Å²) in [6.07, 6.45) is 0.378. The van der Waals surface area contributed by atoms with Gasteiger partial charge in [0.25, 0.3) is 0 Å². The van der Waals surface area contributed by atoms with E-state index in [0.29, 0.717) is 25.1 Å². The van der Waals surface area contributed by atoms with Crippen molar-refractivity contribution in [3.8, 4) is 5.75 Å². The summed E-state index contributed by atoms with van der Waals surface area (Å²) in [5, 5.41) is 12.1. The van der Waals surface area contributed by atoms with Gasteiger partial charge in [0.15, 0.2) is 0 Å². The van der Waals surface area contributed by atoms with Crippen molar-refractivity contribution in [1.82, 2.24) is 10.2 Å². The molecular weight excluding hydrogens is 223 g/mol. The van der Waals surface area contributed by atoms with Crippen molar-refractivity contribution in [3.63, 3.8) is 0 Å². The summed E-state index contributed by atoms with van der Waals surface area (Å²) < 4.78 is 13.0. The number of aromatic hydroxyl groups is 1. The van der Waals surface area contributed by atoms with E-state index < -0.39 is 0 Å². The fraction of sp³-hybridized carbons (Fsp3) is 0.417. The summed E-state index contributed by atoms with van der Waals surface area (Å²) in [4.78, 5) is 12.9. The van der Waals surface area contributed by atoms with Gasteiger partial charge in [-0.1, -0.05) is 0 Å². The first-order valence-corrected chi connectivity index (χ1v) is 5.39. The summed E-state index contributed by atoms with van der Waals surface area (Å²) in [5.74, 6) is -0.351. The van der Waals surface area contributed by atoms with Gasteiger partial charge in [0.05, 0.1) is 0 Å². The topological polar surface area (TPSA) is 52.6 Å². The Labute approximate surface area is 100 Å². The van der Waals surface area contributed by atoms with Gasteiger partial charge in [-0.05, 0) is 25.2 Å². The van der Waals surface area contributed by atoms with Crippen molar-refractivity contribution in [2.75, 3.05) is 20.6 Å². The summed E-state index contributed by atoms with van der Waals surface area (Å²) in [6, 6.07) is 3.84. The zero-order valence-corrected chi connectivity index (χ0v) is 10.0. The normalized spacial score (nSPS) is 10.6. The first-order chi connectivity index (χ1) is 8.02. The van der Waals surface area contributed by atoms with Gasteiger partial charge in [0, 0.05) is 32.1 Å². The van der Waals surface area contributed by atoms with E-state index in [2.05, 4.69) is 5.32 Å². The number of carbonyl (C=O) groups is 1. The molecule has 0 bridgehead atoms. The molecule has 0 spiro atoms. The molecule has 0 saturated heterocycles. The van der Waals surface area contributed by atoms with E-state index in [1.54, 1.807) is 7.05 Å². The molecule has 0 saturated carbocycles. The Morgan fingerprint density at radius 1 is 1.53 bits per heavy atom. The number of amides is 1. The monoisotopic (exact) mass is 240 g/mol. The zero-order chi connectivity index (χ0) is 12.8. The van der Waals surface area contributed by atoms with Crippen LogP contribution in [0.3, 0.4) is 0 Å². The molecule has 0 aliphatic heterocycles. The second-order valence-corrected chi connectivity index (χ2v) is 3.93. The van der Waals surface area contributed by atoms with Crippen molar-refractivity contribution in [2.24, 2.45) is 0 Å². The highest BCUT2D eigenvalue weighted by molar-refractivity contribution is 5.75. The number of hydrogen-bond donors (Lipinski definition) is 2. The largest absolute Gasteiger partial charge is 0.508 e. The Balaban J connectivity index is 2.52. The Bertz CT molecular complexity index is 396. The highest BCUT2D eigenvalue weighted by atomic mass is 19.1. The van der Waals surface area contributed by atoms with Crippen LogP contribution in [0.5, 0.6) is 5.75 Å². The average Bonchev–Trinajstić information content (AvgIpc) is 2.30. The van der Waals surface area contributed by atoms with E-state index in [4.69, 9.17) is 0 Å². The lowest BCUT2D eigenvalue weighted by Gasteiger charge is -2.16. The lowest BCUT2D eigenvalue weighted by atomic mass is 10.2. The van der Waals surface area contributed by atoms with Gasteiger partial charge in [-0.15, -0.1) is 0 Å². The minimum absolute atomic E-state index is 0.0414. The van der Waals surface area contributed by atoms with Crippen LogP contribution in [0.15, 0.2) is 18.2 Å². The number of nitrogens with one attached hydrogen (secondary N) is 1. The van der Waals surface area contributed by atoms with E-state index in [0.717, 1.165) is 0 Å². The van der Waals surface area contributed by atoms with Crippen molar-refractivity contribution in [2.45, 2.75) is 13.0 Å². The summed E-state index contributed by atoms with van der Waals surface area (Å²) in [6.45, 7) is 0.955. The summed E-state index contributed by atoms with van der Waals surface area (Å²) in [7, 11) is 3.40. The maximum atomic E-state index is 13.0. The van der Waals surface area contributed by atoms with Crippen LogP contribution in [0, 0.1) is 5.82 Å². The molecule has 0 unspecified atom stereocenters. The molecule has 5 heteroatoms. The SMILES string of the molecule is CNC(=O)CCN(C)Cc1cc(F)ccc1O. The molecule has 1 aromatic rings. The molecule has 2 N–H and O–H groups in total. The maximum absolute atomic E-state index is 13.0. The van der Waals surface area contributed by atoms with Crippen molar-refractivity contribution < 1.29 is 14.3 Å². The molecule has 1 aromatic carbocycles. The molecule has 0 aromatic heterocycles. The summed E-state index contributed by atoms with van der Waals surface area (Å²) >= 11 is 0. The second kappa shape index (κ2) is 6.20. The molecule has 1 rings (SSSR count). The molecule has 1 amide bonds. The molecule has 0 aliphatic carbocycles. The number of carbonyl (C=O) groups excluding carboxylic acids is 1. The molecule has 0 atom stereocenters. The Morgan fingerprint density at radius 2 is 2.24 bits per heavy atom. The van der Waals surface area contributed by atoms with Crippen molar-refractivity contribution in [1.29, 1.82) is 0 Å². The highest BCUT2D eigenvalue weighted by Gasteiger charge is 2.07. The maximum Gasteiger partial charge on any atom is 0.221 e. The minimum Gasteiger partial charge on any atom is -0.508 e. The third-order valence-electron chi connectivity index (χ3n) is 2.48. The van der Waals surface area contributed by atoms with E-state index >= 15 is 0 Å². The lowest BCUT2D eigenvalue weighted by Crippen LogP contribution is -2.26. The molecule has 0 radical (unpaired) electrons. The molecular formula is C12H17FN2O2. The Kier molecular flexibility index (Phi) is 4.90. The second-order valence-electron chi connectivity index (χ2n) is 3.93. The molecule has 4 nitrogen and oxygen atoms in total. The third-order valence-corrected chi connectivity index (χ3v) is 2.48. The number of hydrogen-bond acceptors (Lipinski definition) is 3. The number of phenols is 1. The van der Waals surface area contributed by atoms with E-state index in [9.17, 15) is 14.3 Å². The van der Waals surface area contributed by atoms with Gasteiger partial charge in [0.2, 0.25) is 5.91 Å². The van der Waals surface area contributed by atoms with Crippen LogP contribution in [0.2, 0.25) is 0 Å². The van der Waals surface area contributed by atoms with Crippen molar-refractivity contribution in [3.05, 3.63) is 29.6 Å². The van der Waals surface area contributed by atoms with Crippen LogP contribution in [-0.4, -0.2) is 36.6 Å². The molecule has 0 heterocycles. The predicted octanol–water partition coefficient (Wildman–Crippen LogP) is 1.10. The Morgan fingerprint density at radius 3 is 2.88 bits per heavy atom. The van der Waals surface area contributed by atoms with Crippen LogP contribution in [-0.2, 0) is 11.3 Å². The van der Waals surface area contributed by atoms with E-state index in [1.807, 2.05) is 11.9 Å². The standard InChI is InChI=1S/C12H17FN2O2/c1-14-12(17)5-6-15(2)8-9-7-10(13)3-4-11(9)16/h3-4,7,16H,5-6,8H2,1-2H3,(H,14,17). The van der Waals surface area contributed by atoms with Crippen LogP contribution >= 0.6 is 0 Å². The zero-order valence-electron chi connectivity index (χ0n) is 10.0. The molecule has 0 aliphatic rings. The predicted molar refractivity (Wildman–Crippen MR) is 63.1 cm³/mol. The minimum atomic E-state index is -0.377. The fourth-order valence-corrected chi connectivity index (χ4v) is 1.47. The number of phenolic OH excluding ortho intramolecular Hbond substituents is 1. The van der Waals surface area contributed by atoms with Crippen LogP contribution < -0.4 is 5.32 Å². The van der Waals surface area contributed by atoms with E-state index in [-0.39, 0.29) is 17.5 Å². The van der Waals surface area contributed by atoms with Crippen LogP contribution in [0.1, 0.15) is 12.0 Å². The van der Waals surface area contributed by atoms with Crippen LogP contribution in [0.4, 0.5) is 4.39 Å². The van der Waals surface area contributed by atoms with Gasteiger partial charge in [-0.2, -0.15) is 0 Å². The third kappa shape index (κ3) is 4.40. The molecule has 0 fully saturated rings. The first-order valence-electron chi connectivity index (χ1n) is 5.39. The quantitative estimate of drug-likeness (QED) is 0.810. The highest BCUT2D eigenvalue weighted by Crippen LogP contribution is 2.19. The first kappa shape index (κ1) is 13.4. The van der Waals surface area contributed by atoms with Gasteiger partial charge in [-0.3, -0.25) is 4.79 Å². The van der Waals surface area contributed by atoms with Gasteiger partial charge in [-0.25, -0.2) is 4.39 Å². The number of rotatable bonds is 5. The van der Waals surface area contributed by atoms with Gasteiger partial charge in [0.1, 0.15) is 11.6 Å². The fourth-order valence-electron chi connectivity index (χ4n) is 1.47. The number of nitrogens with zero attached hydrogens (tertiary/aromatic N) is 1. The number of halogens is 1. The summed E-state index contributed by atoms with van der Waals surface area (Å²) in [5.41, 5.74) is 0.518. The Hall–Kier alpha value is -1.62. The average molecular weight is 240 g/mol. The lowest BCUT2D eigenvalue weighted by molar-refractivity contribution is -0.120. The van der Waals surface area contributed by atoms with Crippen LogP contribution in [0.25, 0.3) is 0 Å². The number of benzene rings is 1. The van der Waals surface area contributed by atoms with E-state index in [1.165, 1.54) is 18.2 Å². The van der Waals surface area contributed by atoms with Crippen molar-refractivity contribution >= 4 is 5.91 Å². The molecule has 94 valence electrons. The van der Waals surface area contributed by atoms with Gasteiger partial charge < -0.3 is 15.3 Å². The smallest absolute Gasteiger partial charge is 0.221 e. The molecule has 17 heavy (non-hydrogen) atoms.